The zero-order valence-electron chi connectivity index (χ0n) is 11.3. The molecule has 1 aromatic carbocycles. The van der Waals surface area contributed by atoms with Crippen LogP contribution in [0.4, 0.5) is 5.69 Å². The summed E-state index contributed by atoms with van der Waals surface area (Å²) in [6.07, 6.45) is 4.83. The molecule has 0 aliphatic heterocycles. The van der Waals surface area contributed by atoms with Crippen molar-refractivity contribution in [3.05, 3.63) is 24.3 Å². The molecule has 5 heteroatoms. The van der Waals surface area contributed by atoms with Crippen molar-refractivity contribution in [1.82, 2.24) is 0 Å². The van der Waals surface area contributed by atoms with Crippen molar-refractivity contribution < 1.29 is 12.6 Å². The van der Waals surface area contributed by atoms with Crippen LogP contribution in [0.1, 0.15) is 39.0 Å². The molecule has 1 aliphatic rings. The van der Waals surface area contributed by atoms with E-state index in [-0.39, 0.29) is 11.0 Å². The highest BCUT2D eigenvalue weighted by molar-refractivity contribution is 7.86. The quantitative estimate of drug-likeness (QED) is 0.843. The van der Waals surface area contributed by atoms with Gasteiger partial charge in [0.25, 0.3) is 10.1 Å². The van der Waals surface area contributed by atoms with E-state index in [1.165, 1.54) is 6.42 Å². The molecule has 0 heterocycles. The van der Waals surface area contributed by atoms with E-state index in [0.29, 0.717) is 0 Å². The summed E-state index contributed by atoms with van der Waals surface area (Å²) in [4.78, 5) is 0.236. The minimum absolute atomic E-state index is 0.146. The zero-order chi connectivity index (χ0) is 13.7. The van der Waals surface area contributed by atoms with Gasteiger partial charge in [-0.1, -0.05) is 19.3 Å². The van der Waals surface area contributed by atoms with Crippen LogP contribution in [0.25, 0.3) is 0 Å². The first-order valence-electron chi connectivity index (χ1n) is 6.89. The van der Waals surface area contributed by atoms with Gasteiger partial charge in [-0.05, 0) is 44.0 Å². The second-order valence-electron chi connectivity index (χ2n) is 4.87. The monoisotopic (exact) mass is 283 g/mol. The predicted octanol–water partition coefficient (Wildman–Crippen LogP) is 3.16. The first kappa shape index (κ1) is 14.3. The Morgan fingerprint density at radius 1 is 1.16 bits per heavy atom. The Kier molecular flexibility index (Phi) is 4.82. The van der Waals surface area contributed by atoms with Crippen molar-refractivity contribution in [3.8, 4) is 0 Å². The molecule has 0 radical (unpaired) electrons. The molecule has 0 amide bonds. The topological polar surface area (TPSA) is 55.4 Å². The first-order chi connectivity index (χ1) is 9.12. The Balaban J connectivity index is 2.05. The lowest BCUT2D eigenvalue weighted by Gasteiger charge is -2.21. The van der Waals surface area contributed by atoms with Gasteiger partial charge < -0.3 is 5.32 Å². The molecule has 0 saturated heterocycles. The van der Waals surface area contributed by atoms with Crippen LogP contribution < -0.4 is 5.32 Å². The summed E-state index contributed by atoms with van der Waals surface area (Å²) in [5.41, 5.74) is 0.916. The third-order valence-corrected chi connectivity index (χ3v) is 4.71. The van der Waals surface area contributed by atoms with Crippen molar-refractivity contribution in [2.75, 3.05) is 11.9 Å². The van der Waals surface area contributed by atoms with E-state index in [0.717, 1.165) is 37.9 Å². The number of hydrogen-bond donors (Lipinski definition) is 1. The molecule has 0 spiro atoms. The van der Waals surface area contributed by atoms with E-state index in [9.17, 15) is 8.42 Å². The fourth-order valence-corrected chi connectivity index (χ4v) is 3.47. The van der Waals surface area contributed by atoms with E-state index in [4.69, 9.17) is 4.18 Å². The van der Waals surface area contributed by atoms with E-state index in [1.54, 1.807) is 24.3 Å². The molecule has 1 aliphatic carbocycles. The maximum Gasteiger partial charge on any atom is 0.297 e. The molecule has 19 heavy (non-hydrogen) atoms. The van der Waals surface area contributed by atoms with Gasteiger partial charge in [-0.25, -0.2) is 0 Å². The minimum atomic E-state index is -3.62. The molecule has 1 saturated carbocycles. The van der Waals surface area contributed by atoms with E-state index < -0.39 is 10.1 Å². The summed E-state index contributed by atoms with van der Waals surface area (Å²) >= 11 is 0. The van der Waals surface area contributed by atoms with Gasteiger partial charge in [0, 0.05) is 12.2 Å². The fraction of sp³-hybridized carbons (Fsp3) is 0.571. The number of benzene rings is 1. The van der Waals surface area contributed by atoms with Gasteiger partial charge in [0.05, 0.1) is 11.0 Å². The van der Waals surface area contributed by atoms with Crippen LogP contribution in [0.3, 0.4) is 0 Å². The average molecular weight is 283 g/mol. The third-order valence-electron chi connectivity index (χ3n) is 3.34. The van der Waals surface area contributed by atoms with Gasteiger partial charge in [0.1, 0.15) is 0 Å². The SMILES string of the molecule is CCNc1ccc(S(=O)(=O)OC2CCCCC2)cc1. The third kappa shape index (κ3) is 3.94. The van der Waals surface area contributed by atoms with Gasteiger partial charge in [-0.2, -0.15) is 8.42 Å². The number of nitrogens with one attached hydrogen (secondary N) is 1. The molecule has 1 fully saturated rings. The van der Waals surface area contributed by atoms with Gasteiger partial charge in [-0.15, -0.1) is 0 Å². The Labute approximate surface area is 115 Å². The molecular weight excluding hydrogens is 262 g/mol. The van der Waals surface area contributed by atoms with E-state index >= 15 is 0 Å². The lowest BCUT2D eigenvalue weighted by molar-refractivity contribution is 0.162. The molecule has 0 aromatic heterocycles. The van der Waals surface area contributed by atoms with Crippen molar-refractivity contribution in [2.24, 2.45) is 0 Å². The maximum absolute atomic E-state index is 12.1. The minimum Gasteiger partial charge on any atom is -0.385 e. The molecule has 0 bridgehead atoms. The Bertz CT molecular complexity index is 490. The van der Waals surface area contributed by atoms with Crippen LogP contribution in [0.5, 0.6) is 0 Å². The van der Waals surface area contributed by atoms with Gasteiger partial charge in [0.2, 0.25) is 0 Å². The standard InChI is InChI=1S/C14H21NO3S/c1-2-15-12-8-10-14(11-9-12)19(16,17)18-13-6-4-3-5-7-13/h8-11,13,15H,2-7H2,1H3. The predicted molar refractivity (Wildman–Crippen MR) is 75.7 cm³/mol. The summed E-state index contributed by atoms with van der Waals surface area (Å²) in [5.74, 6) is 0. The highest BCUT2D eigenvalue weighted by Crippen LogP contribution is 2.25. The lowest BCUT2D eigenvalue weighted by atomic mass is 9.98. The van der Waals surface area contributed by atoms with Crippen LogP contribution in [-0.4, -0.2) is 21.1 Å². The van der Waals surface area contributed by atoms with Gasteiger partial charge >= 0.3 is 0 Å². The summed E-state index contributed by atoms with van der Waals surface area (Å²) in [6, 6.07) is 6.72. The number of hydrogen-bond acceptors (Lipinski definition) is 4. The summed E-state index contributed by atoms with van der Waals surface area (Å²) in [7, 11) is -3.62. The largest absolute Gasteiger partial charge is 0.385 e. The van der Waals surface area contributed by atoms with Crippen LogP contribution in [0, 0.1) is 0 Å². The van der Waals surface area contributed by atoms with Crippen molar-refractivity contribution in [2.45, 2.75) is 50.0 Å². The van der Waals surface area contributed by atoms with Gasteiger partial charge in [-0.3, -0.25) is 4.18 Å². The van der Waals surface area contributed by atoms with E-state index in [1.807, 2.05) is 6.92 Å². The van der Waals surface area contributed by atoms with Crippen LogP contribution in [0.15, 0.2) is 29.2 Å². The maximum atomic E-state index is 12.1. The van der Waals surface area contributed by atoms with Gasteiger partial charge in [0.15, 0.2) is 0 Å². The molecule has 0 unspecified atom stereocenters. The van der Waals surface area contributed by atoms with Crippen molar-refractivity contribution in [1.29, 1.82) is 0 Å². The van der Waals surface area contributed by atoms with Crippen molar-refractivity contribution in [3.63, 3.8) is 0 Å². The summed E-state index contributed by atoms with van der Waals surface area (Å²) < 4.78 is 29.6. The molecule has 1 N–H and O–H groups in total. The Morgan fingerprint density at radius 3 is 2.37 bits per heavy atom. The zero-order valence-corrected chi connectivity index (χ0v) is 12.1. The number of anilines is 1. The van der Waals surface area contributed by atoms with Crippen LogP contribution in [-0.2, 0) is 14.3 Å². The smallest absolute Gasteiger partial charge is 0.297 e. The molecule has 4 nitrogen and oxygen atoms in total. The van der Waals surface area contributed by atoms with E-state index in [2.05, 4.69) is 5.32 Å². The Morgan fingerprint density at radius 2 is 1.79 bits per heavy atom. The molecular formula is C14H21NO3S. The van der Waals surface area contributed by atoms with Crippen LogP contribution in [0.2, 0.25) is 0 Å². The second-order valence-corrected chi connectivity index (χ2v) is 6.44. The first-order valence-corrected chi connectivity index (χ1v) is 8.30. The number of rotatable bonds is 5. The summed E-state index contributed by atoms with van der Waals surface area (Å²) in [6.45, 7) is 2.81. The van der Waals surface area contributed by atoms with Crippen LogP contribution >= 0.6 is 0 Å². The normalized spacial score (nSPS) is 17.3. The second kappa shape index (κ2) is 6.39. The molecule has 2 rings (SSSR count). The van der Waals surface area contributed by atoms with Crippen molar-refractivity contribution >= 4 is 15.8 Å². The molecule has 0 atom stereocenters. The average Bonchev–Trinajstić information content (AvgIpc) is 2.40. The molecule has 106 valence electrons. The summed E-state index contributed by atoms with van der Waals surface area (Å²) in [5, 5.41) is 3.13. The fourth-order valence-electron chi connectivity index (χ4n) is 2.34. The Hall–Kier alpha value is -1.07. The highest BCUT2D eigenvalue weighted by atomic mass is 32.2. The lowest BCUT2D eigenvalue weighted by Crippen LogP contribution is -2.21. The molecule has 1 aromatic rings. The highest BCUT2D eigenvalue weighted by Gasteiger charge is 2.23.